The van der Waals surface area contributed by atoms with Crippen LogP contribution in [0.15, 0.2) is 61.2 Å². The number of hydrogen-bond acceptors (Lipinski definition) is 4. The molecule has 0 aliphatic heterocycles. The standard InChI is InChI=1S/C23H21N3O/c27-18-5-1-4-17(14-18)23(15-16-8-12-24-13-9-16)19-6-2-10-25-21(19)22-20(23)7-3-11-26-22/h2-3,6-13,17H,1,4-5,14-15H2. The summed E-state index contributed by atoms with van der Waals surface area (Å²) in [6.45, 7) is 0. The van der Waals surface area contributed by atoms with Crippen LogP contribution in [0.3, 0.4) is 0 Å². The molecule has 2 aliphatic carbocycles. The Morgan fingerprint density at radius 2 is 1.59 bits per heavy atom. The maximum absolute atomic E-state index is 12.4. The lowest BCUT2D eigenvalue weighted by Gasteiger charge is -2.41. The van der Waals surface area contributed by atoms with Crippen molar-refractivity contribution in [1.29, 1.82) is 0 Å². The van der Waals surface area contributed by atoms with E-state index in [2.05, 4.69) is 29.2 Å². The molecule has 0 saturated heterocycles. The number of rotatable bonds is 3. The Bertz CT molecular complexity index is 954. The van der Waals surface area contributed by atoms with Gasteiger partial charge in [-0.3, -0.25) is 19.7 Å². The van der Waals surface area contributed by atoms with Gasteiger partial charge in [-0.25, -0.2) is 0 Å². The third-order valence-electron chi connectivity index (χ3n) is 6.21. The lowest BCUT2D eigenvalue weighted by atomic mass is 9.61. The van der Waals surface area contributed by atoms with E-state index in [1.165, 1.54) is 16.7 Å². The minimum absolute atomic E-state index is 0.259. The van der Waals surface area contributed by atoms with Crippen LogP contribution in [-0.4, -0.2) is 20.7 Å². The highest BCUT2D eigenvalue weighted by Gasteiger charge is 2.50. The van der Waals surface area contributed by atoms with Crippen LogP contribution >= 0.6 is 0 Å². The average Bonchev–Trinajstić information content (AvgIpc) is 3.00. The van der Waals surface area contributed by atoms with Gasteiger partial charge in [-0.2, -0.15) is 0 Å². The maximum Gasteiger partial charge on any atom is 0.133 e. The van der Waals surface area contributed by atoms with E-state index in [1.807, 2.05) is 36.9 Å². The molecule has 0 bridgehead atoms. The summed E-state index contributed by atoms with van der Waals surface area (Å²) in [5.74, 6) is 0.642. The Morgan fingerprint density at radius 1 is 0.926 bits per heavy atom. The number of Topliss-reactive ketones (excluding diaryl/α,β-unsaturated/α-hetero) is 1. The summed E-state index contributed by atoms with van der Waals surface area (Å²) >= 11 is 0. The Morgan fingerprint density at radius 3 is 2.22 bits per heavy atom. The summed E-state index contributed by atoms with van der Waals surface area (Å²) in [6, 6.07) is 12.6. The fourth-order valence-corrected chi connectivity index (χ4v) is 5.10. The van der Waals surface area contributed by atoms with Crippen molar-refractivity contribution in [3.63, 3.8) is 0 Å². The zero-order valence-corrected chi connectivity index (χ0v) is 15.1. The molecule has 0 radical (unpaired) electrons. The molecular weight excluding hydrogens is 334 g/mol. The van der Waals surface area contributed by atoms with Crippen LogP contribution in [0.5, 0.6) is 0 Å². The van der Waals surface area contributed by atoms with Gasteiger partial charge in [-0.15, -0.1) is 0 Å². The molecule has 3 heterocycles. The van der Waals surface area contributed by atoms with Crippen molar-refractivity contribution < 1.29 is 4.79 Å². The molecule has 3 aromatic rings. The zero-order chi connectivity index (χ0) is 18.3. The largest absolute Gasteiger partial charge is 0.300 e. The summed E-state index contributed by atoms with van der Waals surface area (Å²) in [6.07, 6.45) is 11.6. The topological polar surface area (TPSA) is 55.7 Å². The predicted octanol–water partition coefficient (Wildman–Crippen LogP) is 4.14. The number of pyridine rings is 3. The van der Waals surface area contributed by atoms with Gasteiger partial charge in [0.25, 0.3) is 0 Å². The smallest absolute Gasteiger partial charge is 0.133 e. The molecule has 1 unspecified atom stereocenters. The van der Waals surface area contributed by atoms with E-state index in [9.17, 15) is 4.79 Å². The van der Waals surface area contributed by atoms with E-state index in [-0.39, 0.29) is 11.3 Å². The Balaban J connectivity index is 1.76. The van der Waals surface area contributed by atoms with Crippen molar-refractivity contribution in [2.24, 2.45) is 5.92 Å². The summed E-state index contributed by atoms with van der Waals surface area (Å²) < 4.78 is 0. The number of hydrogen-bond donors (Lipinski definition) is 0. The van der Waals surface area contributed by atoms with Crippen LogP contribution in [0.1, 0.15) is 42.4 Å². The zero-order valence-electron chi connectivity index (χ0n) is 15.1. The molecule has 0 amide bonds. The molecule has 1 fully saturated rings. The molecule has 4 heteroatoms. The van der Waals surface area contributed by atoms with Gasteiger partial charge in [0.05, 0.1) is 11.4 Å². The van der Waals surface area contributed by atoms with Gasteiger partial charge in [-0.05, 0) is 66.1 Å². The second-order valence-electron chi connectivity index (χ2n) is 7.63. The molecule has 1 saturated carbocycles. The number of carbonyl (C=O) groups excluding carboxylic acids is 1. The normalized spacial score (nSPS) is 20.1. The Labute approximate surface area is 158 Å². The number of aromatic nitrogens is 3. The van der Waals surface area contributed by atoms with Gasteiger partial charge in [0.2, 0.25) is 0 Å². The van der Waals surface area contributed by atoms with E-state index >= 15 is 0 Å². The molecule has 4 nitrogen and oxygen atoms in total. The fraction of sp³-hybridized carbons (Fsp3) is 0.304. The molecule has 3 aromatic heterocycles. The number of nitrogens with zero attached hydrogens (tertiary/aromatic N) is 3. The molecular formula is C23H21N3O. The first kappa shape index (κ1) is 16.3. The lowest BCUT2D eigenvalue weighted by molar-refractivity contribution is -0.122. The van der Waals surface area contributed by atoms with Crippen molar-refractivity contribution in [2.75, 3.05) is 0 Å². The number of carbonyl (C=O) groups is 1. The van der Waals surface area contributed by atoms with Crippen LogP contribution in [-0.2, 0) is 16.6 Å². The summed E-state index contributed by atoms with van der Waals surface area (Å²) in [5, 5.41) is 0. The minimum atomic E-state index is -0.259. The second kappa shape index (κ2) is 6.38. The van der Waals surface area contributed by atoms with Gasteiger partial charge in [0.1, 0.15) is 5.78 Å². The van der Waals surface area contributed by atoms with E-state index in [4.69, 9.17) is 9.97 Å². The van der Waals surface area contributed by atoms with E-state index < -0.39 is 0 Å². The first-order valence-electron chi connectivity index (χ1n) is 9.61. The lowest BCUT2D eigenvalue weighted by Crippen LogP contribution is -2.40. The van der Waals surface area contributed by atoms with Gasteiger partial charge in [0, 0.05) is 43.0 Å². The molecule has 2 aliphatic rings. The molecule has 1 atom stereocenters. The quantitative estimate of drug-likeness (QED) is 0.708. The summed E-state index contributed by atoms with van der Waals surface area (Å²) in [5.41, 5.74) is 5.35. The highest BCUT2D eigenvalue weighted by atomic mass is 16.1. The van der Waals surface area contributed by atoms with Crippen LogP contribution in [0.2, 0.25) is 0 Å². The molecule has 0 spiro atoms. The van der Waals surface area contributed by atoms with Crippen molar-refractivity contribution in [2.45, 2.75) is 37.5 Å². The van der Waals surface area contributed by atoms with Gasteiger partial charge >= 0.3 is 0 Å². The highest BCUT2D eigenvalue weighted by Crippen LogP contribution is 2.55. The fourth-order valence-electron chi connectivity index (χ4n) is 5.10. The van der Waals surface area contributed by atoms with Gasteiger partial charge < -0.3 is 0 Å². The number of fused-ring (bicyclic) bond motifs is 3. The first-order valence-corrected chi connectivity index (χ1v) is 9.61. The van der Waals surface area contributed by atoms with E-state index in [1.54, 1.807) is 0 Å². The predicted molar refractivity (Wildman–Crippen MR) is 103 cm³/mol. The molecule has 27 heavy (non-hydrogen) atoms. The third kappa shape index (κ3) is 2.51. The number of ketones is 1. The van der Waals surface area contributed by atoms with Crippen molar-refractivity contribution in [3.05, 3.63) is 77.9 Å². The van der Waals surface area contributed by atoms with E-state index in [0.29, 0.717) is 18.6 Å². The van der Waals surface area contributed by atoms with Crippen LogP contribution in [0.25, 0.3) is 11.4 Å². The van der Waals surface area contributed by atoms with E-state index in [0.717, 1.165) is 30.7 Å². The molecule has 134 valence electrons. The Kier molecular flexibility index (Phi) is 3.85. The first-order chi connectivity index (χ1) is 13.3. The average molecular weight is 355 g/mol. The van der Waals surface area contributed by atoms with Gasteiger partial charge in [0.15, 0.2) is 0 Å². The van der Waals surface area contributed by atoms with Crippen molar-refractivity contribution >= 4 is 5.78 Å². The van der Waals surface area contributed by atoms with Gasteiger partial charge in [-0.1, -0.05) is 12.1 Å². The second-order valence-corrected chi connectivity index (χ2v) is 7.63. The monoisotopic (exact) mass is 355 g/mol. The third-order valence-corrected chi connectivity index (χ3v) is 6.21. The van der Waals surface area contributed by atoms with Crippen LogP contribution < -0.4 is 0 Å². The van der Waals surface area contributed by atoms with Crippen LogP contribution in [0, 0.1) is 5.92 Å². The molecule has 0 N–H and O–H groups in total. The Hall–Kier alpha value is -2.88. The maximum atomic E-state index is 12.4. The van der Waals surface area contributed by atoms with Crippen LogP contribution in [0.4, 0.5) is 0 Å². The SMILES string of the molecule is O=C1CCCC(C2(Cc3ccncc3)c3cccnc3-c3ncccc32)C1. The van der Waals surface area contributed by atoms with Crippen molar-refractivity contribution in [1.82, 2.24) is 15.0 Å². The molecule has 5 rings (SSSR count). The summed E-state index contributed by atoms with van der Waals surface area (Å²) in [4.78, 5) is 26.0. The minimum Gasteiger partial charge on any atom is -0.300 e. The summed E-state index contributed by atoms with van der Waals surface area (Å²) in [7, 11) is 0. The highest BCUT2D eigenvalue weighted by molar-refractivity contribution is 5.81. The van der Waals surface area contributed by atoms with Crippen molar-refractivity contribution in [3.8, 4) is 11.4 Å². The molecule has 0 aromatic carbocycles.